The summed E-state index contributed by atoms with van der Waals surface area (Å²) < 4.78 is 37.2. The van der Waals surface area contributed by atoms with Gasteiger partial charge in [0.2, 0.25) is 5.75 Å². The fourth-order valence-electron chi connectivity index (χ4n) is 7.52. The minimum atomic E-state index is -0.679. The van der Waals surface area contributed by atoms with E-state index in [1.54, 1.807) is 21.3 Å². The predicted molar refractivity (Wildman–Crippen MR) is 199 cm³/mol. The van der Waals surface area contributed by atoms with Crippen LogP contribution in [0, 0.1) is 0 Å². The van der Waals surface area contributed by atoms with Gasteiger partial charge in [0.1, 0.15) is 5.75 Å². The Kier molecular flexibility index (Phi) is 9.85. The number of carbonyl (C=O) groups excluding carboxylic acids is 1. The highest BCUT2D eigenvalue weighted by atomic mass is 16.6. The van der Waals surface area contributed by atoms with Crippen molar-refractivity contribution in [2.75, 3.05) is 48.5 Å². The number of nitrogens with zero attached hydrogens (tertiary/aromatic N) is 2. The van der Waals surface area contributed by atoms with Crippen LogP contribution in [0.1, 0.15) is 45.5 Å². The van der Waals surface area contributed by atoms with Crippen LogP contribution in [0.5, 0.6) is 46.0 Å². The predicted octanol–water partition coefficient (Wildman–Crippen LogP) is 7.09. The maximum Gasteiger partial charge on any atom is 0.343 e. The topological polar surface area (TPSA) is 105 Å². The Morgan fingerprint density at radius 3 is 2.13 bits per heavy atom. The van der Waals surface area contributed by atoms with Crippen LogP contribution in [0.4, 0.5) is 0 Å². The Labute approximate surface area is 304 Å². The first-order chi connectivity index (χ1) is 25.2. The number of ether oxygens (including phenoxy) is 6. The highest BCUT2D eigenvalue weighted by molar-refractivity contribution is 5.93. The quantitative estimate of drug-likeness (QED) is 0.0969. The molecule has 0 amide bonds. The highest BCUT2D eigenvalue weighted by Crippen LogP contribution is 2.52. The molecule has 270 valence electrons. The molecular formula is C42H45N3O7. The lowest BCUT2D eigenvalue weighted by molar-refractivity contribution is -0.130. The van der Waals surface area contributed by atoms with Crippen molar-refractivity contribution < 1.29 is 33.2 Å². The molecule has 0 aliphatic carbocycles. The summed E-state index contributed by atoms with van der Waals surface area (Å²) >= 11 is 0. The zero-order chi connectivity index (χ0) is 36.5. The Hall–Kier alpha value is -5.45. The maximum absolute atomic E-state index is 13.5. The molecule has 0 saturated heterocycles. The SMILES string of the molecule is C=C(/C=C\N)C(=O)Oc1c(OC)cc2c3c1Oc1cc4c(cc1OC)CCN(C)[C@H]4Cc1ccc(cc1)Oc1cc(ccc1OC)C[C@@H]3N(C)CC2. The van der Waals surface area contributed by atoms with Gasteiger partial charge in [-0.15, -0.1) is 0 Å². The van der Waals surface area contributed by atoms with E-state index in [0.717, 1.165) is 60.4 Å². The largest absolute Gasteiger partial charge is 0.493 e. The molecule has 52 heavy (non-hydrogen) atoms. The van der Waals surface area contributed by atoms with Crippen LogP contribution in [0.25, 0.3) is 0 Å². The van der Waals surface area contributed by atoms with Crippen LogP contribution in [-0.2, 0) is 30.5 Å². The van der Waals surface area contributed by atoms with Gasteiger partial charge in [-0.1, -0.05) is 24.8 Å². The second-order valence-electron chi connectivity index (χ2n) is 13.5. The molecule has 0 aromatic heterocycles. The van der Waals surface area contributed by atoms with E-state index in [1.807, 2.05) is 36.4 Å². The molecule has 0 saturated carbocycles. The third-order valence-corrected chi connectivity index (χ3v) is 10.4. The van der Waals surface area contributed by atoms with Gasteiger partial charge in [0.25, 0.3) is 0 Å². The summed E-state index contributed by atoms with van der Waals surface area (Å²) in [5.74, 6) is 3.30. The van der Waals surface area contributed by atoms with Crippen molar-refractivity contribution in [1.29, 1.82) is 0 Å². The lowest BCUT2D eigenvalue weighted by atomic mass is 9.87. The van der Waals surface area contributed by atoms with Gasteiger partial charge in [0.05, 0.1) is 26.9 Å². The van der Waals surface area contributed by atoms with E-state index < -0.39 is 5.97 Å². The minimum Gasteiger partial charge on any atom is -0.493 e. The number of nitrogens with two attached hydrogens (primary N) is 1. The number of benzene rings is 4. The van der Waals surface area contributed by atoms with Crippen molar-refractivity contribution in [2.24, 2.45) is 5.73 Å². The molecule has 4 aromatic carbocycles. The van der Waals surface area contributed by atoms with Gasteiger partial charge < -0.3 is 34.2 Å². The van der Waals surface area contributed by atoms with Gasteiger partial charge in [-0.25, -0.2) is 4.79 Å². The summed E-state index contributed by atoms with van der Waals surface area (Å²) in [4.78, 5) is 18.1. The molecule has 0 unspecified atom stereocenters. The molecule has 8 rings (SSSR count). The van der Waals surface area contributed by atoms with Crippen LogP contribution < -0.4 is 34.2 Å². The average molecular weight is 704 g/mol. The first-order valence-electron chi connectivity index (χ1n) is 17.5. The van der Waals surface area contributed by atoms with E-state index in [2.05, 4.69) is 54.7 Å². The van der Waals surface area contributed by atoms with E-state index in [9.17, 15) is 4.79 Å². The van der Waals surface area contributed by atoms with Gasteiger partial charge in [0, 0.05) is 30.7 Å². The van der Waals surface area contributed by atoms with Gasteiger partial charge in [-0.3, -0.25) is 9.80 Å². The standard InChI is InChI=1S/C42H45N3O7/c1-25(13-16-43)42(46)52-40-38(49-6)23-29-15-18-45(3)33-20-27-9-12-34(47-4)36(21-27)50-30-10-7-26(8-11-30)19-32-31-24-37(51-41(40)39(29)33)35(48-5)22-28(31)14-17-44(32)2/h7-13,16,21-24,32-33H,1,14-15,17-20,43H2,2-6H3/b16-13-/t32-,33-/m0/s1. The number of likely N-dealkylation sites (N-methyl/N-ethyl adjacent to an activating group) is 2. The number of esters is 1. The van der Waals surface area contributed by atoms with Crippen LogP contribution in [-0.4, -0.2) is 64.3 Å². The van der Waals surface area contributed by atoms with E-state index in [-0.39, 0.29) is 23.4 Å². The van der Waals surface area contributed by atoms with E-state index in [0.29, 0.717) is 40.9 Å². The minimum absolute atomic E-state index is 0.0706. The monoisotopic (exact) mass is 703 g/mol. The fraction of sp³-hybridized carbons (Fsp3) is 0.310. The van der Waals surface area contributed by atoms with Gasteiger partial charge in [-0.2, -0.15) is 0 Å². The van der Waals surface area contributed by atoms with E-state index in [1.165, 1.54) is 23.4 Å². The van der Waals surface area contributed by atoms with Crippen molar-refractivity contribution in [2.45, 2.75) is 37.8 Å². The van der Waals surface area contributed by atoms with Crippen molar-refractivity contribution >= 4 is 5.97 Å². The summed E-state index contributed by atoms with van der Waals surface area (Å²) in [6.45, 7) is 5.55. The smallest absolute Gasteiger partial charge is 0.343 e. The zero-order valence-electron chi connectivity index (χ0n) is 30.4. The summed E-state index contributed by atoms with van der Waals surface area (Å²) in [6, 6.07) is 20.3. The summed E-state index contributed by atoms with van der Waals surface area (Å²) in [7, 11) is 9.09. The molecule has 6 bridgehead atoms. The number of hydrogen-bond donors (Lipinski definition) is 1. The average Bonchev–Trinajstić information content (AvgIpc) is 3.15. The van der Waals surface area contributed by atoms with Crippen molar-refractivity contribution in [3.05, 3.63) is 118 Å². The van der Waals surface area contributed by atoms with Crippen molar-refractivity contribution in [3.63, 3.8) is 0 Å². The number of carbonyl (C=O) groups is 1. The Morgan fingerprint density at radius 2 is 1.42 bits per heavy atom. The summed E-state index contributed by atoms with van der Waals surface area (Å²) in [5.41, 5.74) is 12.2. The van der Waals surface area contributed by atoms with Crippen molar-refractivity contribution in [3.8, 4) is 46.0 Å². The lowest BCUT2D eigenvalue weighted by Crippen LogP contribution is -2.34. The normalized spacial score (nSPS) is 18.3. The molecule has 4 aliphatic heterocycles. The Balaban J connectivity index is 1.48. The molecule has 4 heterocycles. The molecule has 4 aliphatic rings. The van der Waals surface area contributed by atoms with Crippen LogP contribution >= 0.6 is 0 Å². The van der Waals surface area contributed by atoms with Crippen LogP contribution in [0.2, 0.25) is 0 Å². The van der Waals surface area contributed by atoms with Crippen LogP contribution in [0.3, 0.4) is 0 Å². The fourth-order valence-corrected chi connectivity index (χ4v) is 7.52. The van der Waals surface area contributed by atoms with E-state index in [4.69, 9.17) is 34.2 Å². The molecule has 10 heteroatoms. The summed E-state index contributed by atoms with van der Waals surface area (Å²) in [6.07, 6.45) is 5.62. The van der Waals surface area contributed by atoms with Gasteiger partial charge >= 0.3 is 5.97 Å². The number of methoxy groups -OCH3 is 3. The molecule has 2 atom stereocenters. The van der Waals surface area contributed by atoms with Crippen molar-refractivity contribution in [1.82, 2.24) is 9.80 Å². The summed E-state index contributed by atoms with van der Waals surface area (Å²) in [5, 5.41) is 0. The second kappa shape index (κ2) is 14.7. The third-order valence-electron chi connectivity index (χ3n) is 10.4. The maximum atomic E-state index is 13.5. The molecule has 10 nitrogen and oxygen atoms in total. The number of hydrogen-bond acceptors (Lipinski definition) is 10. The molecule has 0 radical (unpaired) electrons. The lowest BCUT2D eigenvalue weighted by Gasteiger charge is -2.37. The highest BCUT2D eigenvalue weighted by Gasteiger charge is 2.35. The molecule has 4 aromatic rings. The second-order valence-corrected chi connectivity index (χ2v) is 13.5. The molecular weight excluding hydrogens is 658 g/mol. The van der Waals surface area contributed by atoms with E-state index >= 15 is 0 Å². The third kappa shape index (κ3) is 6.67. The molecule has 0 spiro atoms. The Morgan fingerprint density at radius 1 is 0.788 bits per heavy atom. The van der Waals surface area contributed by atoms with Gasteiger partial charge in [0.15, 0.2) is 34.5 Å². The zero-order valence-corrected chi connectivity index (χ0v) is 30.4. The first kappa shape index (κ1) is 35.0. The molecule has 2 N–H and O–H groups in total. The van der Waals surface area contributed by atoms with Gasteiger partial charge in [-0.05, 0) is 122 Å². The number of fused-ring (bicyclic) bond motifs is 2. The Bertz CT molecular complexity index is 2040. The number of rotatable bonds is 6. The van der Waals surface area contributed by atoms with Crippen LogP contribution in [0.15, 0.2) is 85.1 Å². The first-order valence-corrected chi connectivity index (χ1v) is 17.5. The molecule has 0 fully saturated rings.